The van der Waals surface area contributed by atoms with Crippen LogP contribution in [0.4, 0.5) is 13.2 Å². The normalized spacial score (nSPS) is 14.6. The molecule has 6 heteroatoms. The van der Waals surface area contributed by atoms with Crippen LogP contribution < -0.4 is 5.32 Å². The molecule has 1 atom stereocenters. The maximum Gasteiger partial charge on any atom is 0.417 e. The predicted octanol–water partition coefficient (Wildman–Crippen LogP) is 2.52. The molecule has 0 radical (unpaired) electrons. The Morgan fingerprint density at radius 3 is 2.28 bits per heavy atom. The molecule has 2 N–H and O–H groups in total. The molecule has 1 heterocycles. The lowest BCUT2D eigenvalue weighted by Crippen LogP contribution is -2.38. The van der Waals surface area contributed by atoms with Gasteiger partial charge in [0.1, 0.15) is 6.10 Å². The van der Waals surface area contributed by atoms with Gasteiger partial charge in [-0.1, -0.05) is 0 Å². The molecule has 0 aromatic carbocycles. The van der Waals surface area contributed by atoms with Crippen molar-refractivity contribution in [1.29, 1.82) is 0 Å². The quantitative estimate of drug-likeness (QED) is 0.879. The Bertz CT molecular complexity index is 382. The second-order valence-corrected chi connectivity index (χ2v) is 5.12. The lowest BCUT2D eigenvalue weighted by molar-refractivity contribution is -0.137. The first-order valence-electron chi connectivity index (χ1n) is 5.56. The van der Waals surface area contributed by atoms with E-state index < -0.39 is 17.8 Å². The third-order valence-electron chi connectivity index (χ3n) is 2.28. The van der Waals surface area contributed by atoms with Crippen LogP contribution in [-0.4, -0.2) is 22.2 Å². The summed E-state index contributed by atoms with van der Waals surface area (Å²) in [5.41, 5.74) is -0.769. The number of nitrogens with zero attached hydrogens (tertiary/aromatic N) is 1. The molecule has 0 bridgehead atoms. The van der Waals surface area contributed by atoms with Crippen molar-refractivity contribution in [2.75, 3.05) is 6.54 Å². The molecule has 0 unspecified atom stereocenters. The van der Waals surface area contributed by atoms with Crippen LogP contribution in [-0.2, 0) is 6.18 Å². The van der Waals surface area contributed by atoms with Crippen LogP contribution in [0.2, 0.25) is 0 Å². The zero-order valence-corrected chi connectivity index (χ0v) is 10.5. The average Bonchev–Trinajstić information content (AvgIpc) is 2.24. The summed E-state index contributed by atoms with van der Waals surface area (Å²) in [5.74, 6) is 0. The molecule has 0 amide bonds. The van der Waals surface area contributed by atoms with Crippen LogP contribution in [0.25, 0.3) is 0 Å². The minimum Gasteiger partial charge on any atom is -0.385 e. The molecule has 0 aliphatic rings. The number of β-amino-alcohol motifs (C(OH)–C–C–N with tert-alkyl or cyclic N) is 1. The van der Waals surface area contributed by atoms with E-state index in [1.807, 2.05) is 20.8 Å². The Hall–Kier alpha value is -1.14. The van der Waals surface area contributed by atoms with Crippen LogP contribution in [0.15, 0.2) is 18.3 Å². The van der Waals surface area contributed by atoms with E-state index >= 15 is 0 Å². The maximum absolute atomic E-state index is 12.3. The number of aliphatic hydroxyl groups excluding tert-OH is 1. The zero-order valence-electron chi connectivity index (χ0n) is 10.5. The van der Waals surface area contributed by atoms with Gasteiger partial charge < -0.3 is 10.4 Å². The Labute approximate surface area is 104 Å². The van der Waals surface area contributed by atoms with E-state index in [-0.39, 0.29) is 17.8 Å². The summed E-state index contributed by atoms with van der Waals surface area (Å²) in [6.07, 6.45) is -4.60. The van der Waals surface area contributed by atoms with Crippen LogP contribution in [0.3, 0.4) is 0 Å². The highest BCUT2D eigenvalue weighted by atomic mass is 19.4. The van der Waals surface area contributed by atoms with Gasteiger partial charge in [0.05, 0.1) is 11.3 Å². The summed E-state index contributed by atoms with van der Waals surface area (Å²) in [6, 6.07) is 2.11. The van der Waals surface area contributed by atoms with E-state index in [0.717, 1.165) is 12.3 Å². The fourth-order valence-corrected chi connectivity index (χ4v) is 1.28. The summed E-state index contributed by atoms with van der Waals surface area (Å²) >= 11 is 0. The van der Waals surface area contributed by atoms with Gasteiger partial charge in [0.25, 0.3) is 0 Å². The van der Waals surface area contributed by atoms with E-state index in [4.69, 9.17) is 0 Å². The molecular formula is C12H17F3N2O. The zero-order chi connectivity index (χ0) is 14.0. The van der Waals surface area contributed by atoms with Gasteiger partial charge in [0.15, 0.2) is 0 Å². The Morgan fingerprint density at radius 2 is 1.89 bits per heavy atom. The first kappa shape index (κ1) is 14.9. The standard InChI is InChI=1S/C12H17F3N2O/c1-11(2,3)17-7-10(18)9-5-4-8(6-16-9)12(13,14)15/h4-6,10,17-18H,7H2,1-3H3/t10-/m1/s1. The van der Waals surface area contributed by atoms with Crippen molar-refractivity contribution in [2.45, 2.75) is 38.6 Å². The average molecular weight is 262 g/mol. The SMILES string of the molecule is CC(C)(C)NC[C@@H](O)c1ccc(C(F)(F)F)cn1. The highest BCUT2D eigenvalue weighted by Crippen LogP contribution is 2.28. The van der Waals surface area contributed by atoms with Gasteiger partial charge in [0.2, 0.25) is 0 Å². The number of nitrogens with one attached hydrogen (secondary N) is 1. The molecule has 102 valence electrons. The van der Waals surface area contributed by atoms with Crippen LogP contribution in [0, 0.1) is 0 Å². The van der Waals surface area contributed by atoms with Gasteiger partial charge in [-0.25, -0.2) is 0 Å². The largest absolute Gasteiger partial charge is 0.417 e. The van der Waals surface area contributed by atoms with Gasteiger partial charge in [-0.05, 0) is 32.9 Å². The summed E-state index contributed by atoms with van der Waals surface area (Å²) in [5, 5.41) is 12.8. The van der Waals surface area contributed by atoms with Crippen LogP contribution in [0.1, 0.15) is 38.1 Å². The lowest BCUT2D eigenvalue weighted by Gasteiger charge is -2.22. The summed E-state index contributed by atoms with van der Waals surface area (Å²) < 4.78 is 36.9. The van der Waals surface area contributed by atoms with Crippen molar-refractivity contribution in [1.82, 2.24) is 10.3 Å². The van der Waals surface area contributed by atoms with Crippen molar-refractivity contribution in [3.63, 3.8) is 0 Å². The smallest absolute Gasteiger partial charge is 0.385 e. The summed E-state index contributed by atoms with van der Waals surface area (Å²) in [6.45, 7) is 6.03. The van der Waals surface area contributed by atoms with Crippen molar-refractivity contribution in [2.24, 2.45) is 0 Å². The first-order valence-corrected chi connectivity index (χ1v) is 5.56. The first-order chi connectivity index (χ1) is 8.09. The van der Waals surface area contributed by atoms with Gasteiger partial charge in [-0.15, -0.1) is 0 Å². The lowest BCUT2D eigenvalue weighted by atomic mass is 10.1. The number of aliphatic hydroxyl groups is 1. The van der Waals surface area contributed by atoms with E-state index in [1.165, 1.54) is 6.07 Å². The molecule has 18 heavy (non-hydrogen) atoms. The van der Waals surface area contributed by atoms with E-state index in [9.17, 15) is 18.3 Å². The highest BCUT2D eigenvalue weighted by molar-refractivity contribution is 5.18. The van der Waals surface area contributed by atoms with Crippen molar-refractivity contribution < 1.29 is 18.3 Å². The number of pyridine rings is 1. The molecule has 0 spiro atoms. The van der Waals surface area contributed by atoms with Crippen molar-refractivity contribution >= 4 is 0 Å². The maximum atomic E-state index is 12.3. The van der Waals surface area contributed by atoms with Crippen LogP contribution in [0.5, 0.6) is 0 Å². The van der Waals surface area contributed by atoms with E-state index in [1.54, 1.807) is 0 Å². The van der Waals surface area contributed by atoms with Gasteiger partial charge >= 0.3 is 6.18 Å². The van der Waals surface area contributed by atoms with Gasteiger partial charge in [-0.3, -0.25) is 4.98 Å². The number of rotatable bonds is 3. The van der Waals surface area contributed by atoms with E-state index in [0.29, 0.717) is 0 Å². The second-order valence-electron chi connectivity index (χ2n) is 5.12. The van der Waals surface area contributed by atoms with Crippen LogP contribution >= 0.6 is 0 Å². The molecule has 0 fully saturated rings. The number of aromatic nitrogens is 1. The minimum atomic E-state index is -4.40. The predicted molar refractivity (Wildman–Crippen MR) is 62.0 cm³/mol. The summed E-state index contributed by atoms with van der Waals surface area (Å²) in [4.78, 5) is 3.64. The third kappa shape index (κ3) is 4.62. The van der Waals surface area contributed by atoms with Crippen molar-refractivity contribution in [3.8, 4) is 0 Å². The van der Waals surface area contributed by atoms with Crippen molar-refractivity contribution in [3.05, 3.63) is 29.6 Å². The molecule has 1 rings (SSSR count). The van der Waals surface area contributed by atoms with Gasteiger partial charge in [0, 0.05) is 18.3 Å². The van der Waals surface area contributed by atoms with E-state index in [2.05, 4.69) is 10.3 Å². The Kier molecular flexibility index (Phi) is 4.34. The molecule has 1 aromatic heterocycles. The molecule has 3 nitrogen and oxygen atoms in total. The Morgan fingerprint density at radius 1 is 1.28 bits per heavy atom. The number of hydrogen-bond acceptors (Lipinski definition) is 3. The minimum absolute atomic E-state index is 0.174. The topological polar surface area (TPSA) is 45.1 Å². The highest BCUT2D eigenvalue weighted by Gasteiger charge is 2.30. The second kappa shape index (κ2) is 5.24. The molecule has 1 aromatic rings. The third-order valence-corrected chi connectivity index (χ3v) is 2.28. The fourth-order valence-electron chi connectivity index (χ4n) is 1.28. The fraction of sp³-hybridized carbons (Fsp3) is 0.583. The monoisotopic (exact) mass is 262 g/mol. The Balaban J connectivity index is 2.68. The van der Waals surface area contributed by atoms with Gasteiger partial charge in [-0.2, -0.15) is 13.2 Å². The molecule has 0 saturated heterocycles. The number of alkyl halides is 3. The molecule has 0 aliphatic carbocycles. The molecule has 0 saturated carbocycles. The molecule has 0 aliphatic heterocycles. The molecular weight excluding hydrogens is 245 g/mol. The number of halogens is 3. The number of hydrogen-bond donors (Lipinski definition) is 2. The summed E-state index contributed by atoms with van der Waals surface area (Å²) in [7, 11) is 0.